The van der Waals surface area contributed by atoms with Crippen molar-refractivity contribution in [2.45, 2.75) is 57.5 Å². The highest BCUT2D eigenvalue weighted by atomic mass is 15.3. The van der Waals surface area contributed by atoms with E-state index in [1.807, 2.05) is 6.20 Å². The van der Waals surface area contributed by atoms with Crippen molar-refractivity contribution in [3.63, 3.8) is 0 Å². The first-order chi connectivity index (χ1) is 7.31. The van der Waals surface area contributed by atoms with Gasteiger partial charge in [-0.15, -0.1) is 0 Å². The highest BCUT2D eigenvalue weighted by Crippen LogP contribution is 2.31. The lowest BCUT2D eigenvalue weighted by molar-refractivity contribution is 0.376. The zero-order valence-electron chi connectivity index (χ0n) is 9.52. The maximum atomic E-state index is 5.92. The minimum Gasteiger partial charge on any atom is -0.328 e. The van der Waals surface area contributed by atoms with Crippen molar-refractivity contribution in [3.05, 3.63) is 18.0 Å². The van der Waals surface area contributed by atoms with E-state index in [-0.39, 0.29) is 0 Å². The third-order valence-electron chi connectivity index (χ3n) is 3.37. The molecule has 15 heavy (non-hydrogen) atoms. The Bertz CT molecular complexity index is 298. The fourth-order valence-corrected chi connectivity index (χ4v) is 2.50. The van der Waals surface area contributed by atoms with Crippen LogP contribution in [0.3, 0.4) is 0 Å². The molecule has 1 aromatic heterocycles. The summed E-state index contributed by atoms with van der Waals surface area (Å²) in [6, 6.07) is 2.61. The van der Waals surface area contributed by atoms with Crippen molar-refractivity contribution in [1.82, 2.24) is 9.78 Å². The van der Waals surface area contributed by atoms with Gasteiger partial charge >= 0.3 is 0 Å². The Balaban J connectivity index is 2.05. The van der Waals surface area contributed by atoms with E-state index in [9.17, 15) is 0 Å². The maximum Gasteiger partial charge on any atom is 0.0492 e. The third-order valence-corrected chi connectivity index (χ3v) is 3.37. The third kappa shape index (κ3) is 2.40. The van der Waals surface area contributed by atoms with Crippen LogP contribution in [0.15, 0.2) is 12.3 Å². The molecule has 1 heterocycles. The van der Waals surface area contributed by atoms with E-state index >= 15 is 0 Å². The molecule has 1 fully saturated rings. The zero-order valence-corrected chi connectivity index (χ0v) is 9.52. The minimum atomic E-state index is 0.434. The van der Waals surface area contributed by atoms with Crippen LogP contribution in [0.2, 0.25) is 0 Å². The summed E-state index contributed by atoms with van der Waals surface area (Å²) in [4.78, 5) is 0. The quantitative estimate of drug-likeness (QED) is 0.826. The Morgan fingerprint density at radius 1 is 1.40 bits per heavy atom. The molecule has 0 aliphatic heterocycles. The molecule has 2 N–H and O–H groups in total. The van der Waals surface area contributed by atoms with E-state index in [1.165, 1.54) is 31.4 Å². The summed E-state index contributed by atoms with van der Waals surface area (Å²) < 4.78 is 2.17. The Kier molecular flexibility index (Phi) is 3.41. The highest BCUT2D eigenvalue weighted by molar-refractivity contribution is 5.09. The highest BCUT2D eigenvalue weighted by Gasteiger charge is 2.22. The molecule has 1 aliphatic carbocycles. The molecule has 2 rings (SSSR count). The monoisotopic (exact) mass is 207 g/mol. The van der Waals surface area contributed by atoms with Gasteiger partial charge in [0.1, 0.15) is 0 Å². The van der Waals surface area contributed by atoms with Gasteiger partial charge in [0.2, 0.25) is 0 Å². The number of aryl methyl sites for hydroxylation is 1. The summed E-state index contributed by atoms with van der Waals surface area (Å²) in [6.45, 7) is 3.24. The van der Waals surface area contributed by atoms with Crippen LogP contribution in [0.1, 0.15) is 50.6 Å². The van der Waals surface area contributed by atoms with Gasteiger partial charge in [0.25, 0.3) is 0 Å². The van der Waals surface area contributed by atoms with Crippen molar-refractivity contribution in [2.75, 3.05) is 0 Å². The zero-order chi connectivity index (χ0) is 10.7. The van der Waals surface area contributed by atoms with Gasteiger partial charge in [0.05, 0.1) is 0 Å². The first kappa shape index (κ1) is 10.7. The molecule has 0 atom stereocenters. The Morgan fingerprint density at radius 2 is 2.13 bits per heavy atom. The maximum absolute atomic E-state index is 5.92. The minimum absolute atomic E-state index is 0.434. The van der Waals surface area contributed by atoms with Crippen molar-refractivity contribution >= 4 is 0 Å². The molecule has 0 bridgehead atoms. The summed E-state index contributed by atoms with van der Waals surface area (Å²) in [5.74, 6) is 0.693. The van der Waals surface area contributed by atoms with Crippen LogP contribution in [0.25, 0.3) is 0 Å². The molecule has 0 amide bonds. The molecule has 1 aliphatic rings. The summed E-state index contributed by atoms with van der Waals surface area (Å²) in [7, 11) is 0. The van der Waals surface area contributed by atoms with Crippen LogP contribution in [0, 0.1) is 0 Å². The molecule has 3 heteroatoms. The Hall–Kier alpha value is -0.830. The van der Waals surface area contributed by atoms with Crippen LogP contribution in [-0.4, -0.2) is 15.8 Å². The summed E-state index contributed by atoms with van der Waals surface area (Å²) >= 11 is 0. The fraction of sp³-hybridized carbons (Fsp3) is 0.750. The standard InChI is InChI=1S/C12H21N3/c1-2-9-15-12(7-8-14-15)10-3-5-11(13)6-4-10/h7-8,10-11H,2-6,9,13H2,1H3. The number of hydrogen-bond acceptors (Lipinski definition) is 2. The van der Waals surface area contributed by atoms with Crippen molar-refractivity contribution in [1.29, 1.82) is 0 Å². The topological polar surface area (TPSA) is 43.8 Å². The summed E-state index contributed by atoms with van der Waals surface area (Å²) in [5, 5.41) is 4.39. The second-order valence-corrected chi connectivity index (χ2v) is 4.59. The van der Waals surface area contributed by atoms with Gasteiger partial charge in [0.15, 0.2) is 0 Å². The van der Waals surface area contributed by atoms with E-state index in [2.05, 4.69) is 22.8 Å². The molecule has 3 nitrogen and oxygen atoms in total. The van der Waals surface area contributed by atoms with Gasteiger partial charge < -0.3 is 5.73 Å². The molecular weight excluding hydrogens is 186 g/mol. The van der Waals surface area contributed by atoms with Crippen LogP contribution in [0.4, 0.5) is 0 Å². The predicted molar refractivity (Wildman–Crippen MR) is 61.7 cm³/mol. The molecule has 0 unspecified atom stereocenters. The average molecular weight is 207 g/mol. The lowest BCUT2D eigenvalue weighted by Crippen LogP contribution is -2.26. The Labute approximate surface area is 91.7 Å². The number of aromatic nitrogens is 2. The van der Waals surface area contributed by atoms with Crippen molar-refractivity contribution in [2.24, 2.45) is 5.73 Å². The number of nitrogens with zero attached hydrogens (tertiary/aromatic N) is 2. The molecule has 1 saturated carbocycles. The van der Waals surface area contributed by atoms with Crippen LogP contribution in [-0.2, 0) is 6.54 Å². The van der Waals surface area contributed by atoms with Crippen LogP contribution in [0.5, 0.6) is 0 Å². The van der Waals surface area contributed by atoms with E-state index in [0.29, 0.717) is 12.0 Å². The average Bonchev–Trinajstić information content (AvgIpc) is 2.68. The lowest BCUT2D eigenvalue weighted by Gasteiger charge is -2.26. The van der Waals surface area contributed by atoms with Crippen LogP contribution < -0.4 is 5.73 Å². The number of rotatable bonds is 3. The van der Waals surface area contributed by atoms with Crippen LogP contribution >= 0.6 is 0 Å². The molecular formula is C12H21N3. The molecule has 1 aromatic rings. The SMILES string of the molecule is CCCn1nccc1C1CCC(N)CC1. The smallest absolute Gasteiger partial charge is 0.0492 e. The van der Waals surface area contributed by atoms with E-state index in [0.717, 1.165) is 13.0 Å². The van der Waals surface area contributed by atoms with Gasteiger partial charge in [-0.25, -0.2) is 0 Å². The lowest BCUT2D eigenvalue weighted by atomic mass is 9.84. The first-order valence-electron chi connectivity index (χ1n) is 6.08. The molecule has 0 spiro atoms. The first-order valence-corrected chi connectivity index (χ1v) is 6.08. The fourth-order valence-electron chi connectivity index (χ4n) is 2.50. The molecule has 0 aromatic carbocycles. The molecule has 0 radical (unpaired) electrons. The predicted octanol–water partition coefficient (Wildman–Crippen LogP) is 2.28. The second kappa shape index (κ2) is 4.79. The second-order valence-electron chi connectivity index (χ2n) is 4.59. The molecule has 0 saturated heterocycles. The van der Waals surface area contributed by atoms with Gasteiger partial charge in [-0.05, 0) is 38.2 Å². The van der Waals surface area contributed by atoms with Crippen molar-refractivity contribution < 1.29 is 0 Å². The van der Waals surface area contributed by atoms with Gasteiger partial charge in [0, 0.05) is 30.4 Å². The van der Waals surface area contributed by atoms with Gasteiger partial charge in [-0.2, -0.15) is 5.10 Å². The number of nitrogens with two attached hydrogens (primary N) is 1. The Morgan fingerprint density at radius 3 is 2.80 bits per heavy atom. The summed E-state index contributed by atoms with van der Waals surface area (Å²) in [6.07, 6.45) is 7.89. The van der Waals surface area contributed by atoms with Gasteiger partial charge in [-0.3, -0.25) is 4.68 Å². The van der Waals surface area contributed by atoms with E-state index < -0.39 is 0 Å². The molecule has 84 valence electrons. The van der Waals surface area contributed by atoms with Crippen molar-refractivity contribution in [3.8, 4) is 0 Å². The van der Waals surface area contributed by atoms with E-state index in [1.54, 1.807) is 0 Å². The summed E-state index contributed by atoms with van der Waals surface area (Å²) in [5.41, 5.74) is 7.34. The van der Waals surface area contributed by atoms with E-state index in [4.69, 9.17) is 5.73 Å². The largest absolute Gasteiger partial charge is 0.328 e. The normalized spacial score (nSPS) is 26.8. The van der Waals surface area contributed by atoms with Gasteiger partial charge in [-0.1, -0.05) is 6.92 Å². The number of hydrogen-bond donors (Lipinski definition) is 1.